The molecule has 5 heteroatoms. The number of esters is 1. The van der Waals surface area contributed by atoms with Crippen LogP contribution in [-0.2, 0) is 14.3 Å². The molecule has 0 unspecified atom stereocenters. The third kappa shape index (κ3) is 4.05. The molecule has 2 bridgehead atoms. The molecule has 1 aromatic rings. The van der Waals surface area contributed by atoms with E-state index in [4.69, 9.17) is 16.3 Å². The van der Waals surface area contributed by atoms with E-state index in [2.05, 4.69) is 5.32 Å². The van der Waals surface area contributed by atoms with Crippen molar-refractivity contribution in [2.75, 3.05) is 11.9 Å². The number of anilines is 1. The lowest BCUT2D eigenvalue weighted by molar-refractivity contribution is -0.148. The zero-order valence-corrected chi connectivity index (χ0v) is 14.1. The van der Waals surface area contributed by atoms with E-state index < -0.39 is 0 Å². The topological polar surface area (TPSA) is 55.4 Å². The molecular formula is C18H22ClNO3. The van der Waals surface area contributed by atoms with Crippen LogP contribution in [0, 0.1) is 24.7 Å². The zero-order chi connectivity index (χ0) is 16.4. The summed E-state index contributed by atoms with van der Waals surface area (Å²) in [6.07, 6.45) is 5.43. The van der Waals surface area contributed by atoms with Crippen molar-refractivity contribution >= 4 is 29.2 Å². The first-order chi connectivity index (χ1) is 11.0. The van der Waals surface area contributed by atoms with Gasteiger partial charge in [0, 0.05) is 17.1 Å². The summed E-state index contributed by atoms with van der Waals surface area (Å²) in [7, 11) is 0. The molecule has 0 aliphatic heterocycles. The van der Waals surface area contributed by atoms with Crippen LogP contribution in [0.3, 0.4) is 0 Å². The molecule has 2 fully saturated rings. The van der Waals surface area contributed by atoms with E-state index in [9.17, 15) is 9.59 Å². The van der Waals surface area contributed by atoms with Crippen LogP contribution in [0.15, 0.2) is 18.2 Å². The molecule has 3 rings (SSSR count). The first-order valence-corrected chi connectivity index (χ1v) is 8.60. The molecule has 1 aromatic carbocycles. The largest absolute Gasteiger partial charge is 0.456 e. The van der Waals surface area contributed by atoms with E-state index in [1.54, 1.807) is 12.1 Å². The van der Waals surface area contributed by atoms with Gasteiger partial charge in [-0.3, -0.25) is 9.59 Å². The summed E-state index contributed by atoms with van der Waals surface area (Å²) in [4.78, 5) is 23.8. The van der Waals surface area contributed by atoms with Crippen LogP contribution in [0.5, 0.6) is 0 Å². The summed E-state index contributed by atoms with van der Waals surface area (Å²) < 4.78 is 5.13. The number of rotatable bonds is 5. The summed E-state index contributed by atoms with van der Waals surface area (Å²) in [5, 5.41) is 3.28. The van der Waals surface area contributed by atoms with Gasteiger partial charge in [-0.05, 0) is 61.6 Å². The Hall–Kier alpha value is -1.55. The number of benzene rings is 1. The van der Waals surface area contributed by atoms with Crippen LogP contribution < -0.4 is 5.32 Å². The van der Waals surface area contributed by atoms with Crippen molar-refractivity contribution in [3.05, 3.63) is 28.8 Å². The van der Waals surface area contributed by atoms with E-state index in [1.165, 1.54) is 19.3 Å². The van der Waals surface area contributed by atoms with Gasteiger partial charge in [-0.15, -0.1) is 0 Å². The first kappa shape index (κ1) is 16.3. The van der Waals surface area contributed by atoms with E-state index in [-0.39, 0.29) is 18.5 Å². The number of hydrogen-bond acceptors (Lipinski definition) is 3. The van der Waals surface area contributed by atoms with E-state index in [0.717, 1.165) is 17.9 Å². The van der Waals surface area contributed by atoms with Gasteiger partial charge < -0.3 is 10.1 Å². The van der Waals surface area contributed by atoms with Crippen molar-refractivity contribution in [1.29, 1.82) is 0 Å². The number of hydrogen-bond donors (Lipinski definition) is 1. The Bertz CT molecular complexity index is 616. The molecule has 2 saturated carbocycles. The molecule has 2 aliphatic carbocycles. The first-order valence-electron chi connectivity index (χ1n) is 8.23. The number of fused-ring (bicyclic) bond motifs is 2. The molecular weight excluding hydrogens is 314 g/mol. The SMILES string of the molecule is Cc1ccc(Cl)cc1NC(=O)COC(=O)C[C@H]1C[C@@H]2CC[C@H]1C2. The van der Waals surface area contributed by atoms with Gasteiger partial charge in [-0.1, -0.05) is 24.1 Å². The van der Waals surface area contributed by atoms with Gasteiger partial charge in [0.1, 0.15) is 0 Å². The zero-order valence-electron chi connectivity index (χ0n) is 13.3. The fraction of sp³-hybridized carbons (Fsp3) is 0.556. The lowest BCUT2D eigenvalue weighted by atomic mass is 9.86. The van der Waals surface area contributed by atoms with E-state index >= 15 is 0 Å². The number of carbonyl (C=O) groups is 2. The Balaban J connectivity index is 1.43. The van der Waals surface area contributed by atoms with Gasteiger partial charge in [0.05, 0.1) is 0 Å². The quantitative estimate of drug-likeness (QED) is 0.829. The fourth-order valence-corrected chi connectivity index (χ4v) is 4.13. The average Bonchev–Trinajstić information content (AvgIpc) is 3.11. The Morgan fingerprint density at radius 3 is 2.83 bits per heavy atom. The Morgan fingerprint density at radius 1 is 1.30 bits per heavy atom. The second-order valence-electron chi connectivity index (χ2n) is 6.81. The van der Waals surface area contributed by atoms with Crippen LogP contribution in [-0.4, -0.2) is 18.5 Å². The van der Waals surface area contributed by atoms with Gasteiger partial charge in [-0.25, -0.2) is 0 Å². The third-order valence-electron chi connectivity index (χ3n) is 5.15. The highest BCUT2D eigenvalue weighted by Gasteiger charge is 2.40. The smallest absolute Gasteiger partial charge is 0.306 e. The van der Waals surface area contributed by atoms with Crippen LogP contribution in [0.1, 0.15) is 37.7 Å². The minimum atomic E-state index is -0.336. The van der Waals surface area contributed by atoms with Gasteiger partial charge in [-0.2, -0.15) is 0 Å². The second-order valence-corrected chi connectivity index (χ2v) is 7.24. The fourth-order valence-electron chi connectivity index (χ4n) is 3.96. The molecule has 0 aromatic heterocycles. The molecule has 0 radical (unpaired) electrons. The van der Waals surface area contributed by atoms with Crippen molar-refractivity contribution in [1.82, 2.24) is 0 Å². The maximum absolute atomic E-state index is 11.9. The molecule has 2 aliphatic rings. The molecule has 0 spiro atoms. The van der Waals surface area contributed by atoms with Gasteiger partial charge in [0.25, 0.3) is 5.91 Å². The summed E-state index contributed by atoms with van der Waals surface area (Å²) in [6.45, 7) is 1.64. The lowest BCUT2D eigenvalue weighted by Gasteiger charge is -2.20. The number of aryl methyl sites for hydroxylation is 1. The Kier molecular flexibility index (Phi) is 4.90. The molecule has 124 valence electrons. The van der Waals surface area contributed by atoms with Crippen molar-refractivity contribution in [3.8, 4) is 0 Å². The van der Waals surface area contributed by atoms with Crippen molar-refractivity contribution in [2.24, 2.45) is 17.8 Å². The molecule has 0 heterocycles. The standard InChI is InChI=1S/C18H22ClNO3/c1-11-2-5-15(19)9-16(11)20-17(21)10-23-18(22)8-14-7-12-3-4-13(14)6-12/h2,5,9,12-14H,3-4,6-8,10H2,1H3,(H,20,21)/t12-,13+,14-/m1/s1. The normalized spacial score (nSPS) is 25.4. The van der Waals surface area contributed by atoms with Crippen LogP contribution in [0.2, 0.25) is 5.02 Å². The van der Waals surface area contributed by atoms with Gasteiger partial charge >= 0.3 is 5.97 Å². The summed E-state index contributed by atoms with van der Waals surface area (Å²) in [6, 6.07) is 5.28. The van der Waals surface area contributed by atoms with E-state index in [1.807, 2.05) is 13.0 Å². The molecule has 4 nitrogen and oxygen atoms in total. The van der Waals surface area contributed by atoms with Crippen LogP contribution >= 0.6 is 11.6 Å². The van der Waals surface area contributed by atoms with Crippen molar-refractivity contribution in [3.63, 3.8) is 0 Å². The minimum absolute atomic E-state index is 0.244. The summed E-state index contributed by atoms with van der Waals surface area (Å²) in [5.41, 5.74) is 1.56. The average molecular weight is 336 g/mol. The lowest BCUT2D eigenvalue weighted by Crippen LogP contribution is -2.23. The summed E-state index contributed by atoms with van der Waals surface area (Å²) in [5.74, 6) is 1.36. The van der Waals surface area contributed by atoms with Gasteiger partial charge in [0.15, 0.2) is 6.61 Å². The maximum Gasteiger partial charge on any atom is 0.306 e. The molecule has 23 heavy (non-hydrogen) atoms. The predicted molar refractivity (Wildman–Crippen MR) is 89.3 cm³/mol. The van der Waals surface area contributed by atoms with Crippen LogP contribution in [0.4, 0.5) is 5.69 Å². The number of carbonyl (C=O) groups excluding carboxylic acids is 2. The minimum Gasteiger partial charge on any atom is -0.456 e. The molecule has 3 atom stereocenters. The van der Waals surface area contributed by atoms with Crippen molar-refractivity contribution in [2.45, 2.75) is 39.0 Å². The predicted octanol–water partition coefficient (Wildman–Crippen LogP) is 3.96. The monoisotopic (exact) mass is 335 g/mol. The molecule has 0 saturated heterocycles. The number of nitrogens with one attached hydrogen (secondary N) is 1. The molecule has 1 amide bonds. The third-order valence-corrected chi connectivity index (χ3v) is 5.39. The number of ether oxygens (including phenoxy) is 1. The summed E-state index contributed by atoms with van der Waals surface area (Å²) >= 11 is 5.92. The van der Waals surface area contributed by atoms with E-state index in [0.29, 0.717) is 29.0 Å². The van der Waals surface area contributed by atoms with Crippen molar-refractivity contribution < 1.29 is 14.3 Å². The highest BCUT2D eigenvalue weighted by Crippen LogP contribution is 2.49. The van der Waals surface area contributed by atoms with Gasteiger partial charge in [0.2, 0.25) is 0 Å². The maximum atomic E-state index is 11.9. The molecule has 1 N–H and O–H groups in total. The van der Waals surface area contributed by atoms with Crippen LogP contribution in [0.25, 0.3) is 0 Å². The number of amides is 1. The Morgan fingerprint density at radius 2 is 2.13 bits per heavy atom. The second kappa shape index (κ2) is 6.91. The number of halogens is 1. The Labute approximate surface area is 141 Å². The highest BCUT2D eigenvalue weighted by atomic mass is 35.5. The highest BCUT2D eigenvalue weighted by molar-refractivity contribution is 6.31.